The largest absolute Gasteiger partial charge is 0.496 e. The van der Waals surface area contributed by atoms with Crippen molar-refractivity contribution in [3.8, 4) is 16.9 Å². The number of rotatable bonds is 12. The third-order valence-corrected chi connectivity index (χ3v) is 11.1. The van der Waals surface area contributed by atoms with Gasteiger partial charge in [0.2, 0.25) is 5.91 Å². The minimum absolute atomic E-state index is 0.0436. The number of aliphatic hydroxyl groups excluding tert-OH is 2. The number of hydroxylamine groups is 2. The van der Waals surface area contributed by atoms with E-state index < -0.39 is 24.2 Å². The van der Waals surface area contributed by atoms with Crippen LogP contribution in [0, 0.1) is 29.1 Å². The molecule has 0 aromatic heterocycles. The maximum absolute atomic E-state index is 14.1. The lowest BCUT2D eigenvalue weighted by atomic mass is 9.45. The van der Waals surface area contributed by atoms with Crippen LogP contribution in [0.15, 0.2) is 36.4 Å². The van der Waals surface area contributed by atoms with Crippen LogP contribution in [0.3, 0.4) is 0 Å². The van der Waals surface area contributed by atoms with Gasteiger partial charge < -0.3 is 36.2 Å². The standard InChI is InChI=1S/C36H53N5O6/c1-20-28-16-25(36(28,3)4)17-29(20)39-35(45)32-31(21(2)43)30(19-42)47-41(32)18-22-9-8-10-27(33(22)46-7)23-13-24(34(44)38-12-11-37)15-26(14-23)40(5)6/h8-10,13-15,20-21,25,28-32,42-43H,11-12,16-19,37H2,1-7H3,(H,38,44)(H,39,45)/t20-,21-,25+,28-,29-,30-,31+,32-/m0/s1. The molecule has 2 amide bonds. The summed E-state index contributed by atoms with van der Waals surface area (Å²) in [5, 5.41) is 28.9. The number of carbonyl (C=O) groups is 2. The molecule has 0 unspecified atom stereocenters. The Labute approximate surface area is 278 Å². The first-order valence-corrected chi connectivity index (χ1v) is 16.8. The van der Waals surface area contributed by atoms with Crippen LogP contribution in [0.2, 0.25) is 0 Å². The van der Waals surface area contributed by atoms with Crippen LogP contribution in [-0.4, -0.2) is 92.3 Å². The maximum atomic E-state index is 14.1. The summed E-state index contributed by atoms with van der Waals surface area (Å²) < 4.78 is 5.99. The number of fused-ring (bicyclic) bond motifs is 2. The van der Waals surface area contributed by atoms with Crippen LogP contribution in [0.1, 0.15) is 56.5 Å². The first-order chi connectivity index (χ1) is 22.3. The third kappa shape index (κ3) is 6.73. The van der Waals surface area contributed by atoms with Crippen molar-refractivity contribution in [3.05, 3.63) is 47.5 Å². The van der Waals surface area contributed by atoms with Gasteiger partial charge in [-0.25, -0.2) is 0 Å². The molecule has 3 saturated carbocycles. The molecule has 0 spiro atoms. The quantitative estimate of drug-likeness (QED) is 0.234. The van der Waals surface area contributed by atoms with Gasteiger partial charge in [0, 0.05) is 61.5 Å². The Bertz CT molecular complexity index is 1450. The molecule has 1 aliphatic heterocycles. The maximum Gasteiger partial charge on any atom is 0.251 e. The van der Waals surface area contributed by atoms with E-state index in [9.17, 15) is 19.8 Å². The highest BCUT2D eigenvalue weighted by Crippen LogP contribution is 2.61. The number of anilines is 1. The first kappa shape index (κ1) is 35.1. The molecule has 1 heterocycles. The number of nitrogens with two attached hydrogens (primary N) is 1. The van der Waals surface area contributed by atoms with E-state index in [0.717, 1.165) is 28.8 Å². The summed E-state index contributed by atoms with van der Waals surface area (Å²) in [6, 6.07) is 10.6. The van der Waals surface area contributed by atoms with E-state index in [2.05, 4.69) is 31.4 Å². The fourth-order valence-corrected chi connectivity index (χ4v) is 8.27. The average molecular weight is 652 g/mol. The monoisotopic (exact) mass is 651 g/mol. The van der Waals surface area contributed by atoms with Crippen LogP contribution >= 0.6 is 0 Å². The van der Waals surface area contributed by atoms with Gasteiger partial charge >= 0.3 is 0 Å². The van der Waals surface area contributed by atoms with E-state index in [1.807, 2.05) is 55.4 Å². The second kappa shape index (κ2) is 14.1. The molecule has 4 aliphatic rings. The highest BCUT2D eigenvalue weighted by atomic mass is 16.7. The zero-order valence-electron chi connectivity index (χ0n) is 28.8. The minimum Gasteiger partial charge on any atom is -0.496 e. The van der Waals surface area contributed by atoms with Crippen LogP contribution in [-0.2, 0) is 16.2 Å². The number of para-hydroxylation sites is 1. The Hall–Kier alpha value is -3.22. The zero-order chi connectivity index (χ0) is 34.2. The molecule has 6 N–H and O–H groups in total. The Balaban J connectivity index is 1.46. The lowest BCUT2D eigenvalue weighted by Gasteiger charge is -2.62. The molecule has 6 rings (SSSR count). The van der Waals surface area contributed by atoms with Crippen molar-refractivity contribution in [2.24, 2.45) is 34.8 Å². The van der Waals surface area contributed by atoms with Crippen molar-refractivity contribution in [3.63, 3.8) is 0 Å². The minimum atomic E-state index is -0.894. The third-order valence-electron chi connectivity index (χ3n) is 11.1. The molecule has 3 aliphatic carbocycles. The Morgan fingerprint density at radius 2 is 1.96 bits per heavy atom. The molecule has 1 saturated heterocycles. The molecule has 11 heteroatoms. The normalized spacial score (nSPS) is 28.7. The molecule has 258 valence electrons. The topological polar surface area (TPSA) is 150 Å². The first-order valence-electron chi connectivity index (χ1n) is 16.8. The average Bonchev–Trinajstić information content (AvgIpc) is 3.42. The van der Waals surface area contributed by atoms with E-state index >= 15 is 0 Å². The van der Waals surface area contributed by atoms with Crippen molar-refractivity contribution in [2.75, 3.05) is 45.8 Å². The van der Waals surface area contributed by atoms with Crippen molar-refractivity contribution in [1.29, 1.82) is 0 Å². The molecule has 4 fully saturated rings. The number of amides is 2. The lowest BCUT2D eigenvalue weighted by molar-refractivity contribution is -0.183. The van der Waals surface area contributed by atoms with Gasteiger partial charge in [-0.3, -0.25) is 14.4 Å². The molecule has 2 aromatic rings. The summed E-state index contributed by atoms with van der Waals surface area (Å²) in [5.74, 6) is 0.991. The van der Waals surface area contributed by atoms with Crippen LogP contribution < -0.4 is 26.0 Å². The number of nitrogens with zero attached hydrogens (tertiary/aromatic N) is 2. The number of methoxy groups -OCH3 is 1. The fraction of sp³-hybridized carbons (Fsp3) is 0.611. The van der Waals surface area contributed by atoms with Crippen molar-refractivity contribution < 1.29 is 29.4 Å². The molecule has 0 radical (unpaired) electrons. The highest BCUT2D eigenvalue weighted by Gasteiger charge is 2.57. The van der Waals surface area contributed by atoms with Crippen molar-refractivity contribution in [1.82, 2.24) is 15.7 Å². The van der Waals surface area contributed by atoms with E-state index in [1.54, 1.807) is 19.1 Å². The van der Waals surface area contributed by atoms with Gasteiger partial charge in [0.1, 0.15) is 17.9 Å². The van der Waals surface area contributed by atoms with Crippen LogP contribution in [0.4, 0.5) is 5.69 Å². The predicted octanol–water partition coefficient (Wildman–Crippen LogP) is 2.78. The lowest BCUT2D eigenvalue weighted by Crippen LogP contribution is -2.62. The molecule has 2 bridgehead atoms. The van der Waals surface area contributed by atoms with Gasteiger partial charge in [-0.15, -0.1) is 0 Å². The second-order valence-corrected chi connectivity index (χ2v) is 14.4. The summed E-state index contributed by atoms with van der Waals surface area (Å²) in [4.78, 5) is 35.2. The fourth-order valence-electron chi connectivity index (χ4n) is 8.27. The molecule has 8 atom stereocenters. The van der Waals surface area contributed by atoms with E-state index in [-0.39, 0.29) is 36.4 Å². The summed E-state index contributed by atoms with van der Waals surface area (Å²) in [6.07, 6.45) is 0.494. The SMILES string of the molecule is COc1c(CN2O[C@@H](CO)[C@@H]([C@H](C)O)[C@H]2C(=O)N[C@H]2C[C@H]3C[C@@H]([C@@H]2C)C3(C)C)cccc1-c1cc(C(=O)NCCN)cc(N(C)C)c1. The zero-order valence-corrected chi connectivity index (χ0v) is 28.8. The molecular formula is C36H53N5O6. The number of carbonyl (C=O) groups excluding carboxylic acids is 2. The summed E-state index contributed by atoms with van der Waals surface area (Å²) in [7, 11) is 5.42. The summed E-state index contributed by atoms with van der Waals surface area (Å²) >= 11 is 0. The number of benzene rings is 2. The van der Waals surface area contributed by atoms with Gasteiger partial charge in [0.15, 0.2) is 0 Å². The predicted molar refractivity (Wildman–Crippen MR) is 182 cm³/mol. The number of hydrogen-bond acceptors (Lipinski definition) is 9. The molecule has 47 heavy (non-hydrogen) atoms. The number of ether oxygens (including phenoxy) is 1. The Kier molecular flexibility index (Phi) is 10.5. The second-order valence-electron chi connectivity index (χ2n) is 14.4. The van der Waals surface area contributed by atoms with Gasteiger partial charge in [-0.1, -0.05) is 39.0 Å². The molecular weight excluding hydrogens is 598 g/mol. The van der Waals surface area contributed by atoms with E-state index in [0.29, 0.717) is 42.2 Å². The van der Waals surface area contributed by atoms with Crippen LogP contribution in [0.5, 0.6) is 5.75 Å². The van der Waals surface area contributed by atoms with E-state index in [4.69, 9.17) is 15.3 Å². The Morgan fingerprint density at radius 1 is 1.21 bits per heavy atom. The summed E-state index contributed by atoms with van der Waals surface area (Å²) in [5.41, 5.74) is 9.54. The highest BCUT2D eigenvalue weighted by molar-refractivity contribution is 5.97. The number of nitrogens with one attached hydrogen (secondary N) is 2. The van der Waals surface area contributed by atoms with Crippen molar-refractivity contribution >= 4 is 17.5 Å². The number of aliphatic hydroxyl groups is 2. The molecule has 11 nitrogen and oxygen atoms in total. The van der Waals surface area contributed by atoms with Crippen molar-refractivity contribution in [2.45, 2.75) is 71.4 Å². The van der Waals surface area contributed by atoms with Gasteiger partial charge in [-0.2, -0.15) is 5.06 Å². The van der Waals surface area contributed by atoms with Gasteiger partial charge in [-0.05, 0) is 66.7 Å². The van der Waals surface area contributed by atoms with Gasteiger partial charge in [0.25, 0.3) is 5.91 Å². The molecule has 2 aromatic carbocycles. The van der Waals surface area contributed by atoms with Crippen LogP contribution in [0.25, 0.3) is 11.1 Å². The summed E-state index contributed by atoms with van der Waals surface area (Å²) in [6.45, 7) is 9.07. The van der Waals surface area contributed by atoms with Gasteiger partial charge in [0.05, 0.1) is 26.4 Å². The number of hydrogen-bond donors (Lipinski definition) is 5. The Morgan fingerprint density at radius 3 is 2.55 bits per heavy atom. The van der Waals surface area contributed by atoms with E-state index in [1.165, 1.54) is 6.42 Å². The smallest absolute Gasteiger partial charge is 0.251 e.